The average molecular weight is 473 g/mol. The topological polar surface area (TPSA) is 175 Å². The number of nitrogens with zero attached hydrogens (tertiary/aromatic N) is 12. The fourth-order valence-corrected chi connectivity index (χ4v) is 3.84. The minimum absolute atomic E-state index is 0.130. The molecule has 0 saturated heterocycles. The number of pyridine rings is 1. The van der Waals surface area contributed by atoms with Gasteiger partial charge in [0.05, 0.1) is 28.6 Å². The molecule has 0 saturated carbocycles. The lowest BCUT2D eigenvalue weighted by molar-refractivity contribution is 0.628. The number of nitriles is 1. The molecule has 5 heterocycles. The standard InChI is InChI=1S/C23H15N13/c24-11-14-2-1-3-16(10-14)20-19(17-6-9-27-13-28-17)22-29-18(32-36(22)23(25)30-20)12-35-21(31-33-34-35)15-4-7-26-8-5-15/h1-10,13H,12H2,(H2,25,30). The first-order chi connectivity index (χ1) is 17.7. The molecule has 0 radical (unpaired) electrons. The third-order valence-electron chi connectivity index (χ3n) is 5.42. The van der Waals surface area contributed by atoms with Gasteiger partial charge < -0.3 is 5.73 Å². The molecule has 172 valence electrons. The highest BCUT2D eigenvalue weighted by Crippen LogP contribution is 2.34. The van der Waals surface area contributed by atoms with Crippen LogP contribution in [0.1, 0.15) is 11.4 Å². The number of nitrogens with two attached hydrogens (primary N) is 1. The average Bonchev–Trinajstić information content (AvgIpc) is 3.57. The van der Waals surface area contributed by atoms with E-state index in [9.17, 15) is 5.26 Å². The largest absolute Gasteiger partial charge is 0.368 e. The van der Waals surface area contributed by atoms with E-state index < -0.39 is 0 Å². The summed E-state index contributed by atoms with van der Waals surface area (Å²) in [5.41, 5.74) is 10.5. The van der Waals surface area contributed by atoms with Gasteiger partial charge in [0.25, 0.3) is 0 Å². The van der Waals surface area contributed by atoms with E-state index in [2.05, 4.69) is 46.6 Å². The maximum atomic E-state index is 9.39. The van der Waals surface area contributed by atoms with Crippen LogP contribution in [0.3, 0.4) is 0 Å². The van der Waals surface area contributed by atoms with Gasteiger partial charge >= 0.3 is 0 Å². The summed E-state index contributed by atoms with van der Waals surface area (Å²) in [6.07, 6.45) is 6.41. The first-order valence-electron chi connectivity index (χ1n) is 10.7. The molecule has 5 aromatic heterocycles. The van der Waals surface area contributed by atoms with Crippen molar-refractivity contribution >= 4 is 11.6 Å². The Morgan fingerprint density at radius 2 is 1.83 bits per heavy atom. The first-order valence-corrected chi connectivity index (χ1v) is 10.7. The van der Waals surface area contributed by atoms with Gasteiger partial charge in [-0.3, -0.25) is 4.98 Å². The quantitative estimate of drug-likeness (QED) is 0.386. The predicted molar refractivity (Wildman–Crippen MR) is 127 cm³/mol. The molecule has 6 rings (SSSR count). The van der Waals surface area contributed by atoms with Crippen LogP contribution in [0.15, 0.2) is 67.4 Å². The molecule has 0 amide bonds. The van der Waals surface area contributed by atoms with Crippen molar-refractivity contribution in [3.63, 3.8) is 0 Å². The predicted octanol–water partition coefficient (Wildman–Crippen LogP) is 1.80. The molecule has 0 aliphatic carbocycles. The second-order valence-electron chi connectivity index (χ2n) is 7.64. The summed E-state index contributed by atoms with van der Waals surface area (Å²) in [4.78, 5) is 21.8. The van der Waals surface area contributed by atoms with Crippen molar-refractivity contribution < 1.29 is 0 Å². The number of benzene rings is 1. The summed E-state index contributed by atoms with van der Waals surface area (Å²) in [7, 11) is 0. The Labute approximate surface area is 203 Å². The van der Waals surface area contributed by atoms with E-state index in [4.69, 9.17) is 10.7 Å². The molecule has 13 nitrogen and oxygen atoms in total. The van der Waals surface area contributed by atoms with Crippen molar-refractivity contribution in [3.05, 3.63) is 78.8 Å². The molecule has 0 aliphatic rings. The summed E-state index contributed by atoms with van der Waals surface area (Å²) in [5, 5.41) is 26.0. The Balaban J connectivity index is 1.52. The highest BCUT2D eigenvalue weighted by atomic mass is 15.5. The molecule has 0 spiro atoms. The Morgan fingerprint density at radius 3 is 2.64 bits per heavy atom. The lowest BCUT2D eigenvalue weighted by Crippen LogP contribution is -2.07. The van der Waals surface area contributed by atoms with Crippen LogP contribution in [-0.2, 0) is 6.54 Å². The van der Waals surface area contributed by atoms with Gasteiger partial charge in [-0.05, 0) is 40.8 Å². The van der Waals surface area contributed by atoms with E-state index >= 15 is 0 Å². The Hall–Kier alpha value is -5.64. The van der Waals surface area contributed by atoms with Crippen LogP contribution in [0.25, 0.3) is 39.5 Å². The zero-order chi connectivity index (χ0) is 24.5. The van der Waals surface area contributed by atoms with Crippen molar-refractivity contribution in [2.24, 2.45) is 0 Å². The van der Waals surface area contributed by atoms with Crippen molar-refractivity contribution in [2.45, 2.75) is 6.54 Å². The maximum absolute atomic E-state index is 9.39. The Bertz CT molecular complexity index is 1730. The number of fused-ring (bicyclic) bond motifs is 1. The number of anilines is 1. The monoisotopic (exact) mass is 473 g/mol. The third kappa shape index (κ3) is 3.64. The van der Waals surface area contributed by atoms with Crippen LogP contribution in [0, 0.1) is 11.3 Å². The van der Waals surface area contributed by atoms with Gasteiger partial charge in [0, 0.05) is 29.7 Å². The molecular formula is C23H15N13. The molecular weight excluding hydrogens is 458 g/mol. The fourth-order valence-electron chi connectivity index (χ4n) is 3.84. The second kappa shape index (κ2) is 8.61. The molecule has 13 heteroatoms. The molecule has 0 aliphatic heterocycles. The van der Waals surface area contributed by atoms with Crippen LogP contribution in [0.4, 0.5) is 5.95 Å². The molecule has 36 heavy (non-hydrogen) atoms. The zero-order valence-corrected chi connectivity index (χ0v) is 18.5. The lowest BCUT2D eigenvalue weighted by Gasteiger charge is -2.11. The second-order valence-corrected chi connectivity index (χ2v) is 7.64. The van der Waals surface area contributed by atoms with E-state index in [1.54, 1.807) is 47.5 Å². The molecule has 6 aromatic rings. The molecule has 0 atom stereocenters. The summed E-state index contributed by atoms with van der Waals surface area (Å²) >= 11 is 0. The lowest BCUT2D eigenvalue weighted by atomic mass is 10.0. The van der Waals surface area contributed by atoms with Crippen molar-refractivity contribution in [3.8, 4) is 40.0 Å². The molecule has 2 N–H and O–H groups in total. The number of nitrogen functional groups attached to an aromatic ring is 1. The smallest absolute Gasteiger partial charge is 0.223 e. The highest BCUT2D eigenvalue weighted by Gasteiger charge is 2.22. The Kier molecular flexibility index (Phi) is 5.01. The van der Waals surface area contributed by atoms with Crippen LogP contribution < -0.4 is 5.73 Å². The van der Waals surface area contributed by atoms with Gasteiger partial charge in [0.1, 0.15) is 12.9 Å². The minimum Gasteiger partial charge on any atom is -0.368 e. The van der Waals surface area contributed by atoms with Gasteiger partial charge in [0.2, 0.25) is 5.95 Å². The van der Waals surface area contributed by atoms with Gasteiger partial charge in [-0.25, -0.2) is 24.6 Å². The van der Waals surface area contributed by atoms with E-state index in [1.165, 1.54) is 10.8 Å². The SMILES string of the molecule is N#Cc1cccc(-c2nc(N)n3nc(Cn4nnnc4-c4ccncc4)nc3c2-c2ccncn2)c1. The summed E-state index contributed by atoms with van der Waals surface area (Å²) in [6.45, 7) is 0.189. The fraction of sp³-hybridized carbons (Fsp3) is 0.0435. The third-order valence-corrected chi connectivity index (χ3v) is 5.42. The molecule has 0 bridgehead atoms. The summed E-state index contributed by atoms with van der Waals surface area (Å²) in [5.74, 6) is 1.10. The van der Waals surface area contributed by atoms with Gasteiger partial charge in [0.15, 0.2) is 17.3 Å². The summed E-state index contributed by atoms with van der Waals surface area (Å²) in [6, 6.07) is 14.6. The van der Waals surface area contributed by atoms with Gasteiger partial charge in [-0.1, -0.05) is 12.1 Å². The van der Waals surface area contributed by atoms with E-state index in [1.807, 2.05) is 18.2 Å². The van der Waals surface area contributed by atoms with Crippen LogP contribution >= 0.6 is 0 Å². The Morgan fingerprint density at radius 1 is 0.972 bits per heavy atom. The van der Waals surface area contributed by atoms with Crippen LogP contribution in [0.2, 0.25) is 0 Å². The number of tetrazole rings is 1. The number of hydrogen-bond donors (Lipinski definition) is 1. The molecule has 0 unspecified atom stereocenters. The zero-order valence-electron chi connectivity index (χ0n) is 18.5. The number of rotatable bonds is 5. The number of aromatic nitrogens is 11. The first kappa shape index (κ1) is 20.9. The van der Waals surface area contributed by atoms with Crippen molar-refractivity contribution in [1.29, 1.82) is 5.26 Å². The summed E-state index contributed by atoms with van der Waals surface area (Å²) < 4.78 is 3.05. The van der Waals surface area contributed by atoms with Gasteiger partial charge in [-0.2, -0.15) is 9.78 Å². The van der Waals surface area contributed by atoms with Crippen molar-refractivity contribution in [1.82, 2.24) is 54.7 Å². The minimum atomic E-state index is 0.130. The maximum Gasteiger partial charge on any atom is 0.223 e. The molecule has 1 aromatic carbocycles. The normalized spacial score (nSPS) is 11.0. The van der Waals surface area contributed by atoms with Gasteiger partial charge in [-0.15, -0.1) is 10.2 Å². The van der Waals surface area contributed by atoms with E-state index in [-0.39, 0.29) is 12.5 Å². The van der Waals surface area contributed by atoms with Crippen molar-refractivity contribution in [2.75, 3.05) is 5.73 Å². The van der Waals surface area contributed by atoms with E-state index in [0.717, 1.165) is 5.56 Å². The van der Waals surface area contributed by atoms with Crippen LogP contribution in [-0.4, -0.2) is 54.7 Å². The van der Waals surface area contributed by atoms with Crippen LogP contribution in [0.5, 0.6) is 0 Å². The van der Waals surface area contributed by atoms with E-state index in [0.29, 0.717) is 45.4 Å². The highest BCUT2D eigenvalue weighted by molar-refractivity contribution is 5.89. The number of hydrogen-bond acceptors (Lipinski definition) is 11. The molecule has 0 fully saturated rings.